The van der Waals surface area contributed by atoms with E-state index in [-0.39, 0.29) is 16.6 Å². The van der Waals surface area contributed by atoms with E-state index >= 15 is 0 Å². The van der Waals surface area contributed by atoms with Gasteiger partial charge in [0.2, 0.25) is 0 Å². The lowest BCUT2D eigenvalue weighted by Crippen LogP contribution is -2.51. The van der Waals surface area contributed by atoms with Gasteiger partial charge in [0.1, 0.15) is 17.4 Å². The van der Waals surface area contributed by atoms with E-state index < -0.39 is 17.8 Å². The zero-order chi connectivity index (χ0) is 15.9. The van der Waals surface area contributed by atoms with Gasteiger partial charge in [0.15, 0.2) is 5.43 Å². The second-order valence-electron chi connectivity index (χ2n) is 4.82. The normalized spacial score (nSPS) is 14.8. The summed E-state index contributed by atoms with van der Waals surface area (Å²) in [7, 11) is 0. The van der Waals surface area contributed by atoms with Crippen LogP contribution in [0.15, 0.2) is 39.2 Å². The highest BCUT2D eigenvalue weighted by Crippen LogP contribution is 2.15. The highest BCUT2D eigenvalue weighted by atomic mass is 16.3. The van der Waals surface area contributed by atoms with Crippen LogP contribution in [0.1, 0.15) is 11.1 Å². The summed E-state index contributed by atoms with van der Waals surface area (Å²) in [6, 6.07) is 4.19. The van der Waals surface area contributed by atoms with Crippen molar-refractivity contribution in [3.8, 4) is 0 Å². The molecule has 0 aliphatic carbocycles. The molecule has 1 fully saturated rings. The Labute approximate surface area is 123 Å². The van der Waals surface area contributed by atoms with Crippen molar-refractivity contribution >= 4 is 34.9 Å². The van der Waals surface area contributed by atoms with Crippen LogP contribution < -0.4 is 16.1 Å². The lowest BCUT2D eigenvalue weighted by atomic mass is 10.1. The Bertz CT molecular complexity index is 901. The molecule has 2 heterocycles. The van der Waals surface area contributed by atoms with Crippen molar-refractivity contribution in [3.63, 3.8) is 0 Å². The van der Waals surface area contributed by atoms with Crippen molar-refractivity contribution in [3.05, 3.63) is 51.4 Å². The Balaban J connectivity index is 2.13. The van der Waals surface area contributed by atoms with Crippen LogP contribution in [0.5, 0.6) is 0 Å². The van der Waals surface area contributed by atoms with E-state index in [1.165, 1.54) is 6.26 Å². The fraction of sp³-hybridized carbons (Fsp3) is 0.0667. The first-order chi connectivity index (χ1) is 10.5. The average Bonchev–Trinajstić information content (AvgIpc) is 2.44. The molecular formula is C15H10N2O5. The molecule has 1 aromatic heterocycles. The van der Waals surface area contributed by atoms with Crippen LogP contribution >= 0.6 is 0 Å². The first-order valence-electron chi connectivity index (χ1n) is 6.36. The van der Waals surface area contributed by atoms with Crippen LogP contribution in [-0.2, 0) is 9.59 Å². The molecule has 1 saturated heterocycles. The van der Waals surface area contributed by atoms with Crippen LogP contribution in [0.2, 0.25) is 0 Å². The molecule has 0 spiro atoms. The minimum Gasteiger partial charge on any atom is -0.463 e. The Morgan fingerprint density at radius 2 is 1.73 bits per heavy atom. The molecule has 1 aromatic carbocycles. The van der Waals surface area contributed by atoms with Crippen molar-refractivity contribution in [2.45, 2.75) is 6.92 Å². The Hall–Kier alpha value is -3.22. The summed E-state index contributed by atoms with van der Waals surface area (Å²) in [6.07, 6.45) is 2.27. The molecule has 0 radical (unpaired) electrons. The molecule has 110 valence electrons. The van der Waals surface area contributed by atoms with Gasteiger partial charge in [0.05, 0.1) is 10.9 Å². The maximum atomic E-state index is 12.4. The number of nitrogens with one attached hydrogen (secondary N) is 2. The van der Waals surface area contributed by atoms with Crippen LogP contribution in [0.3, 0.4) is 0 Å². The number of aryl methyl sites for hydroxylation is 1. The van der Waals surface area contributed by atoms with Gasteiger partial charge in [-0.05, 0) is 30.7 Å². The fourth-order valence-electron chi connectivity index (χ4n) is 2.11. The minimum absolute atomic E-state index is 0.0472. The summed E-state index contributed by atoms with van der Waals surface area (Å²) in [6.45, 7) is 1.86. The third-order valence-corrected chi connectivity index (χ3v) is 3.20. The van der Waals surface area contributed by atoms with Gasteiger partial charge in [-0.3, -0.25) is 25.0 Å². The van der Waals surface area contributed by atoms with Crippen LogP contribution in [0.4, 0.5) is 4.79 Å². The summed E-state index contributed by atoms with van der Waals surface area (Å²) in [5.41, 5.74) is 0.696. The van der Waals surface area contributed by atoms with E-state index in [1.54, 1.807) is 18.2 Å². The SMILES string of the molecule is Cc1ccc2c(=O)c(C=C3C(=O)NC(=O)NC3=O)coc2c1. The molecule has 7 heteroatoms. The molecule has 1 aliphatic rings. The molecule has 0 saturated carbocycles. The highest BCUT2D eigenvalue weighted by Gasteiger charge is 2.28. The second kappa shape index (κ2) is 4.96. The number of hydrogen-bond donors (Lipinski definition) is 2. The molecular weight excluding hydrogens is 288 g/mol. The predicted octanol–water partition coefficient (Wildman–Crippen LogP) is 0.851. The van der Waals surface area contributed by atoms with Crippen LogP contribution in [0.25, 0.3) is 17.0 Å². The van der Waals surface area contributed by atoms with Gasteiger partial charge < -0.3 is 4.42 Å². The summed E-state index contributed by atoms with van der Waals surface area (Å²) in [5, 5.41) is 4.21. The number of rotatable bonds is 1. The Morgan fingerprint density at radius 3 is 2.41 bits per heavy atom. The number of carbonyl (C=O) groups is 3. The maximum absolute atomic E-state index is 12.4. The van der Waals surface area contributed by atoms with Gasteiger partial charge in [0.25, 0.3) is 11.8 Å². The molecule has 0 bridgehead atoms. The zero-order valence-corrected chi connectivity index (χ0v) is 11.4. The van der Waals surface area contributed by atoms with Crippen LogP contribution in [0, 0.1) is 6.92 Å². The number of imide groups is 2. The molecule has 2 N–H and O–H groups in total. The fourth-order valence-corrected chi connectivity index (χ4v) is 2.11. The van der Waals surface area contributed by atoms with E-state index in [9.17, 15) is 19.2 Å². The number of barbiturate groups is 1. The number of fused-ring (bicyclic) bond motifs is 1. The predicted molar refractivity (Wildman–Crippen MR) is 76.9 cm³/mol. The van der Waals surface area contributed by atoms with E-state index in [1.807, 2.05) is 17.6 Å². The molecule has 3 rings (SSSR count). The topological polar surface area (TPSA) is 105 Å². The molecule has 4 amide bonds. The van der Waals surface area contributed by atoms with Crippen molar-refractivity contribution in [1.82, 2.24) is 10.6 Å². The first-order valence-corrected chi connectivity index (χ1v) is 6.36. The third-order valence-electron chi connectivity index (χ3n) is 3.20. The zero-order valence-electron chi connectivity index (χ0n) is 11.4. The molecule has 0 atom stereocenters. The Morgan fingerprint density at radius 1 is 1.05 bits per heavy atom. The Kier molecular flexibility index (Phi) is 3.10. The molecule has 7 nitrogen and oxygen atoms in total. The van der Waals surface area contributed by atoms with Crippen molar-refractivity contribution in [2.75, 3.05) is 0 Å². The van der Waals surface area contributed by atoms with Crippen molar-refractivity contribution < 1.29 is 18.8 Å². The molecule has 1 aliphatic heterocycles. The van der Waals surface area contributed by atoms with Gasteiger partial charge in [-0.2, -0.15) is 0 Å². The lowest BCUT2D eigenvalue weighted by molar-refractivity contribution is -0.123. The number of amides is 4. The van der Waals surface area contributed by atoms with Crippen molar-refractivity contribution in [1.29, 1.82) is 0 Å². The molecule has 2 aromatic rings. The lowest BCUT2D eigenvalue weighted by Gasteiger charge is -2.13. The first kappa shape index (κ1) is 13.7. The summed E-state index contributed by atoms with van der Waals surface area (Å²) >= 11 is 0. The van der Waals surface area contributed by atoms with Gasteiger partial charge in [-0.1, -0.05) is 6.07 Å². The maximum Gasteiger partial charge on any atom is 0.328 e. The van der Waals surface area contributed by atoms with Gasteiger partial charge in [0, 0.05) is 0 Å². The second-order valence-corrected chi connectivity index (χ2v) is 4.82. The van der Waals surface area contributed by atoms with E-state index in [2.05, 4.69) is 0 Å². The standard InChI is InChI=1S/C15H10N2O5/c1-7-2-3-9-11(4-7)22-6-8(12(9)18)5-10-13(19)16-15(21)17-14(10)20/h2-6H,1H3,(H2,16,17,19,20,21). The average molecular weight is 298 g/mol. The van der Waals surface area contributed by atoms with Gasteiger partial charge >= 0.3 is 6.03 Å². The molecule has 22 heavy (non-hydrogen) atoms. The molecule has 0 unspecified atom stereocenters. The highest BCUT2D eigenvalue weighted by molar-refractivity contribution is 6.31. The number of hydrogen-bond acceptors (Lipinski definition) is 5. The minimum atomic E-state index is -0.895. The smallest absolute Gasteiger partial charge is 0.328 e. The van der Waals surface area contributed by atoms with Gasteiger partial charge in [-0.15, -0.1) is 0 Å². The summed E-state index contributed by atoms with van der Waals surface area (Å²) in [4.78, 5) is 46.6. The van der Waals surface area contributed by atoms with E-state index in [0.29, 0.717) is 11.0 Å². The van der Waals surface area contributed by atoms with Gasteiger partial charge in [-0.25, -0.2) is 4.79 Å². The van der Waals surface area contributed by atoms with Crippen molar-refractivity contribution in [2.24, 2.45) is 0 Å². The van der Waals surface area contributed by atoms with Crippen LogP contribution in [-0.4, -0.2) is 17.8 Å². The van der Waals surface area contributed by atoms with E-state index in [4.69, 9.17) is 4.42 Å². The third kappa shape index (κ3) is 2.28. The summed E-state index contributed by atoms with van der Waals surface area (Å²) < 4.78 is 5.36. The monoisotopic (exact) mass is 298 g/mol. The number of urea groups is 1. The quantitative estimate of drug-likeness (QED) is 0.600. The summed E-state index contributed by atoms with van der Waals surface area (Å²) in [5.74, 6) is -1.73. The number of carbonyl (C=O) groups excluding carboxylic acids is 3. The van der Waals surface area contributed by atoms with E-state index in [0.717, 1.165) is 11.6 Å². The number of benzene rings is 1. The largest absolute Gasteiger partial charge is 0.463 e.